The van der Waals surface area contributed by atoms with Crippen LogP contribution < -0.4 is 5.32 Å². The smallest absolute Gasteiger partial charge is 0.0771 e. The van der Waals surface area contributed by atoms with Gasteiger partial charge in [-0.1, -0.05) is 0 Å². The van der Waals surface area contributed by atoms with Gasteiger partial charge in [0, 0.05) is 18.8 Å². The molecule has 0 aromatic carbocycles. The Kier molecular flexibility index (Phi) is 2.82. The first-order valence-corrected chi connectivity index (χ1v) is 6.31. The molecular weight excluding hydrogens is 202 g/mol. The van der Waals surface area contributed by atoms with Gasteiger partial charge in [-0.2, -0.15) is 5.10 Å². The number of rotatable bonds is 4. The van der Waals surface area contributed by atoms with Crippen molar-refractivity contribution >= 4 is 5.69 Å². The Bertz CT molecular complexity index is 340. The molecule has 0 radical (unpaired) electrons. The Morgan fingerprint density at radius 3 is 3.00 bits per heavy atom. The van der Waals surface area contributed by atoms with E-state index in [4.69, 9.17) is 4.74 Å². The number of aromatic nitrogens is 2. The summed E-state index contributed by atoms with van der Waals surface area (Å²) in [6.45, 7) is 1.81. The van der Waals surface area contributed by atoms with Crippen LogP contribution in [-0.4, -0.2) is 28.5 Å². The summed E-state index contributed by atoms with van der Waals surface area (Å²) in [5.74, 6) is 0. The van der Waals surface area contributed by atoms with Crippen molar-refractivity contribution in [1.82, 2.24) is 9.78 Å². The van der Waals surface area contributed by atoms with Crippen molar-refractivity contribution in [3.05, 3.63) is 12.4 Å². The number of anilines is 1. The van der Waals surface area contributed by atoms with Crippen LogP contribution in [0.3, 0.4) is 0 Å². The Hall–Kier alpha value is -1.03. The maximum Gasteiger partial charge on any atom is 0.0771 e. The van der Waals surface area contributed by atoms with Crippen LogP contribution in [0.5, 0.6) is 0 Å². The fraction of sp³-hybridized carbons (Fsp3) is 0.750. The van der Waals surface area contributed by atoms with E-state index in [0.717, 1.165) is 18.8 Å². The molecule has 4 nitrogen and oxygen atoms in total. The standard InChI is InChI=1S/C12H19N3O/c1-3-10(4-1)14-11-7-13-15(8-11)9-12-5-2-6-16-12/h7-8,10,12,14H,1-6,9H2. The van der Waals surface area contributed by atoms with Crippen LogP contribution in [0.2, 0.25) is 0 Å². The lowest BCUT2D eigenvalue weighted by Gasteiger charge is -2.26. The van der Waals surface area contributed by atoms with Crippen molar-refractivity contribution in [3.63, 3.8) is 0 Å². The second kappa shape index (κ2) is 4.45. The first kappa shape index (κ1) is 10.1. The second-order valence-electron chi connectivity index (χ2n) is 4.86. The van der Waals surface area contributed by atoms with E-state index >= 15 is 0 Å². The third-order valence-electron chi connectivity index (χ3n) is 3.52. The van der Waals surface area contributed by atoms with Gasteiger partial charge in [-0.3, -0.25) is 4.68 Å². The minimum Gasteiger partial charge on any atom is -0.380 e. The van der Waals surface area contributed by atoms with E-state index in [-0.39, 0.29) is 0 Å². The molecule has 2 fully saturated rings. The Labute approximate surface area is 96.0 Å². The maximum atomic E-state index is 5.60. The molecule has 88 valence electrons. The largest absolute Gasteiger partial charge is 0.380 e. The predicted octanol–water partition coefficient (Wildman–Crippen LogP) is 2.03. The van der Waals surface area contributed by atoms with Crippen molar-refractivity contribution < 1.29 is 4.74 Å². The fourth-order valence-corrected chi connectivity index (χ4v) is 2.32. The van der Waals surface area contributed by atoms with Gasteiger partial charge in [0.2, 0.25) is 0 Å². The molecule has 1 atom stereocenters. The second-order valence-corrected chi connectivity index (χ2v) is 4.86. The molecule has 1 N–H and O–H groups in total. The molecule has 4 heteroatoms. The van der Waals surface area contributed by atoms with E-state index in [0.29, 0.717) is 12.1 Å². The van der Waals surface area contributed by atoms with Crippen molar-refractivity contribution in [1.29, 1.82) is 0 Å². The van der Waals surface area contributed by atoms with Crippen LogP contribution in [-0.2, 0) is 11.3 Å². The molecule has 2 heterocycles. The molecule has 2 aliphatic rings. The summed E-state index contributed by atoms with van der Waals surface area (Å²) in [7, 11) is 0. The highest BCUT2D eigenvalue weighted by Crippen LogP contribution is 2.23. The number of hydrogen-bond donors (Lipinski definition) is 1. The number of nitrogens with zero attached hydrogens (tertiary/aromatic N) is 2. The van der Waals surface area contributed by atoms with E-state index in [2.05, 4.69) is 16.6 Å². The van der Waals surface area contributed by atoms with Gasteiger partial charge in [-0.25, -0.2) is 0 Å². The minimum absolute atomic E-state index is 0.372. The van der Waals surface area contributed by atoms with Gasteiger partial charge in [0.05, 0.1) is 24.5 Å². The Balaban J connectivity index is 1.54. The molecule has 0 bridgehead atoms. The average molecular weight is 221 g/mol. The van der Waals surface area contributed by atoms with Gasteiger partial charge in [0.15, 0.2) is 0 Å². The monoisotopic (exact) mass is 221 g/mol. The van der Waals surface area contributed by atoms with E-state index in [1.807, 2.05) is 10.9 Å². The van der Waals surface area contributed by atoms with Crippen LogP contribution in [0.15, 0.2) is 12.4 Å². The molecule has 1 aromatic rings. The third-order valence-corrected chi connectivity index (χ3v) is 3.52. The molecule has 0 amide bonds. The summed E-state index contributed by atoms with van der Waals surface area (Å²) in [6, 6.07) is 0.681. The van der Waals surface area contributed by atoms with E-state index in [9.17, 15) is 0 Å². The van der Waals surface area contributed by atoms with Gasteiger partial charge in [-0.15, -0.1) is 0 Å². The molecule has 1 saturated carbocycles. The van der Waals surface area contributed by atoms with Gasteiger partial charge in [0.1, 0.15) is 0 Å². The van der Waals surface area contributed by atoms with Gasteiger partial charge in [-0.05, 0) is 32.1 Å². The molecule has 1 saturated heterocycles. The third kappa shape index (κ3) is 2.21. The normalized spacial score (nSPS) is 25.6. The van der Waals surface area contributed by atoms with Crippen molar-refractivity contribution in [2.45, 2.75) is 50.8 Å². The highest BCUT2D eigenvalue weighted by Gasteiger charge is 2.19. The van der Waals surface area contributed by atoms with Crippen LogP contribution in [0.4, 0.5) is 5.69 Å². The lowest BCUT2D eigenvalue weighted by atomic mass is 9.93. The maximum absolute atomic E-state index is 5.60. The predicted molar refractivity (Wildman–Crippen MR) is 62.5 cm³/mol. The zero-order valence-corrected chi connectivity index (χ0v) is 9.56. The summed E-state index contributed by atoms with van der Waals surface area (Å²) in [4.78, 5) is 0. The van der Waals surface area contributed by atoms with Gasteiger partial charge in [0.25, 0.3) is 0 Å². The lowest BCUT2D eigenvalue weighted by Crippen LogP contribution is -2.26. The van der Waals surface area contributed by atoms with E-state index in [1.54, 1.807) is 0 Å². The van der Waals surface area contributed by atoms with E-state index in [1.165, 1.54) is 32.1 Å². The average Bonchev–Trinajstić information content (AvgIpc) is 2.84. The fourth-order valence-electron chi connectivity index (χ4n) is 2.32. The van der Waals surface area contributed by atoms with Crippen LogP contribution in [0, 0.1) is 0 Å². The van der Waals surface area contributed by atoms with Crippen LogP contribution in [0.25, 0.3) is 0 Å². The summed E-state index contributed by atoms with van der Waals surface area (Å²) in [5.41, 5.74) is 1.16. The van der Waals surface area contributed by atoms with Crippen molar-refractivity contribution in [3.8, 4) is 0 Å². The lowest BCUT2D eigenvalue weighted by molar-refractivity contribution is 0.0940. The summed E-state index contributed by atoms with van der Waals surface area (Å²) >= 11 is 0. The highest BCUT2D eigenvalue weighted by molar-refractivity contribution is 5.39. The van der Waals surface area contributed by atoms with Crippen LogP contribution >= 0.6 is 0 Å². The Morgan fingerprint density at radius 2 is 2.31 bits per heavy atom. The molecule has 1 aliphatic carbocycles. The van der Waals surface area contributed by atoms with Gasteiger partial charge >= 0.3 is 0 Å². The zero-order valence-electron chi connectivity index (χ0n) is 9.56. The highest BCUT2D eigenvalue weighted by atomic mass is 16.5. The van der Waals surface area contributed by atoms with Gasteiger partial charge < -0.3 is 10.1 Å². The molecular formula is C12H19N3O. The molecule has 0 spiro atoms. The number of ether oxygens (including phenoxy) is 1. The van der Waals surface area contributed by atoms with Crippen molar-refractivity contribution in [2.75, 3.05) is 11.9 Å². The van der Waals surface area contributed by atoms with E-state index < -0.39 is 0 Å². The molecule has 1 aliphatic heterocycles. The SMILES string of the molecule is c1nn(CC2CCCO2)cc1NC1CCC1. The first-order chi connectivity index (χ1) is 7.90. The topological polar surface area (TPSA) is 39.1 Å². The summed E-state index contributed by atoms with van der Waals surface area (Å²) < 4.78 is 7.60. The molecule has 1 unspecified atom stereocenters. The number of hydrogen-bond acceptors (Lipinski definition) is 3. The van der Waals surface area contributed by atoms with Crippen molar-refractivity contribution in [2.24, 2.45) is 0 Å². The molecule has 1 aromatic heterocycles. The first-order valence-electron chi connectivity index (χ1n) is 6.31. The Morgan fingerprint density at radius 1 is 1.38 bits per heavy atom. The minimum atomic E-state index is 0.372. The zero-order chi connectivity index (χ0) is 10.8. The quantitative estimate of drug-likeness (QED) is 0.845. The summed E-state index contributed by atoms with van der Waals surface area (Å²) in [5, 5.41) is 7.86. The summed E-state index contributed by atoms with van der Waals surface area (Å²) in [6.07, 6.45) is 10.7. The number of nitrogens with one attached hydrogen (secondary N) is 1. The molecule has 16 heavy (non-hydrogen) atoms. The van der Waals surface area contributed by atoms with Crippen LogP contribution in [0.1, 0.15) is 32.1 Å². The molecule has 3 rings (SSSR count).